The Labute approximate surface area is 123 Å². The molecule has 1 amide bonds. The molecule has 0 radical (unpaired) electrons. The summed E-state index contributed by atoms with van der Waals surface area (Å²) >= 11 is 0. The summed E-state index contributed by atoms with van der Waals surface area (Å²) in [6, 6.07) is 5.90. The number of carbonyl (C=O) groups is 1. The lowest BCUT2D eigenvalue weighted by Gasteiger charge is -2.21. The molecule has 0 heterocycles. The summed E-state index contributed by atoms with van der Waals surface area (Å²) in [4.78, 5) is 11.8. The number of amides is 1. The van der Waals surface area contributed by atoms with Crippen molar-refractivity contribution >= 4 is 5.91 Å². The van der Waals surface area contributed by atoms with Crippen molar-refractivity contribution in [1.29, 1.82) is 0 Å². The molecule has 1 aromatic rings. The molecule has 6 heteroatoms. The molecule has 0 aliphatic heterocycles. The highest BCUT2D eigenvalue weighted by atomic mass is 19.3. The van der Waals surface area contributed by atoms with Gasteiger partial charge in [-0.15, -0.1) is 0 Å². The zero-order valence-corrected chi connectivity index (χ0v) is 12.7. The highest BCUT2D eigenvalue weighted by Gasteiger charge is 2.18. The van der Waals surface area contributed by atoms with Gasteiger partial charge < -0.3 is 14.8 Å². The van der Waals surface area contributed by atoms with Crippen molar-refractivity contribution < 1.29 is 23.0 Å². The average molecular weight is 301 g/mol. The summed E-state index contributed by atoms with van der Waals surface area (Å²) in [6.07, 6.45) is 0. The second-order valence-electron chi connectivity index (χ2n) is 5.61. The SMILES string of the molecule is CC(NC(=O)COC(C)(C)C)c1ccccc1OC(F)F. The van der Waals surface area contributed by atoms with Crippen LogP contribution in [-0.4, -0.2) is 24.7 Å². The van der Waals surface area contributed by atoms with Crippen LogP contribution < -0.4 is 10.1 Å². The molecule has 1 atom stereocenters. The van der Waals surface area contributed by atoms with E-state index in [1.54, 1.807) is 25.1 Å². The number of ether oxygens (including phenoxy) is 2. The molecule has 0 spiro atoms. The van der Waals surface area contributed by atoms with E-state index in [2.05, 4.69) is 10.1 Å². The van der Waals surface area contributed by atoms with Gasteiger partial charge in [-0.05, 0) is 33.8 Å². The topological polar surface area (TPSA) is 47.6 Å². The summed E-state index contributed by atoms with van der Waals surface area (Å²) in [5.74, 6) is -0.263. The Hall–Kier alpha value is -1.69. The van der Waals surface area contributed by atoms with Crippen molar-refractivity contribution in [3.05, 3.63) is 29.8 Å². The second-order valence-corrected chi connectivity index (χ2v) is 5.61. The summed E-state index contributed by atoms with van der Waals surface area (Å²) in [7, 11) is 0. The molecule has 0 saturated heterocycles. The van der Waals surface area contributed by atoms with Crippen LogP contribution in [0.5, 0.6) is 5.75 Å². The fourth-order valence-electron chi connectivity index (χ4n) is 1.68. The van der Waals surface area contributed by atoms with Crippen LogP contribution in [0.4, 0.5) is 8.78 Å². The first-order valence-corrected chi connectivity index (χ1v) is 6.66. The Morgan fingerprint density at radius 3 is 2.48 bits per heavy atom. The van der Waals surface area contributed by atoms with Gasteiger partial charge in [0.05, 0.1) is 11.6 Å². The van der Waals surface area contributed by atoms with Gasteiger partial charge in [-0.2, -0.15) is 8.78 Å². The van der Waals surface area contributed by atoms with Crippen molar-refractivity contribution in [2.24, 2.45) is 0 Å². The van der Waals surface area contributed by atoms with Crippen molar-refractivity contribution in [3.63, 3.8) is 0 Å². The third kappa shape index (κ3) is 6.53. The zero-order chi connectivity index (χ0) is 16.0. The first-order valence-electron chi connectivity index (χ1n) is 6.66. The Kier molecular flexibility index (Phi) is 6.08. The Morgan fingerprint density at radius 2 is 1.90 bits per heavy atom. The minimum Gasteiger partial charge on any atom is -0.434 e. The van der Waals surface area contributed by atoms with E-state index in [0.717, 1.165) is 0 Å². The smallest absolute Gasteiger partial charge is 0.387 e. The first-order chi connectivity index (χ1) is 9.69. The van der Waals surface area contributed by atoms with Gasteiger partial charge in [-0.25, -0.2) is 0 Å². The van der Waals surface area contributed by atoms with E-state index >= 15 is 0 Å². The molecule has 21 heavy (non-hydrogen) atoms. The predicted octanol–water partition coefficient (Wildman–Crippen LogP) is 3.28. The van der Waals surface area contributed by atoms with Crippen LogP contribution in [0.25, 0.3) is 0 Å². The normalized spacial score (nSPS) is 13.1. The Balaban J connectivity index is 2.67. The maximum Gasteiger partial charge on any atom is 0.387 e. The van der Waals surface area contributed by atoms with E-state index in [4.69, 9.17) is 4.74 Å². The minimum absolute atomic E-state index is 0.0528. The Morgan fingerprint density at radius 1 is 1.29 bits per heavy atom. The number of hydrogen-bond donors (Lipinski definition) is 1. The Bertz CT molecular complexity index is 472. The third-order valence-corrected chi connectivity index (χ3v) is 2.62. The van der Waals surface area contributed by atoms with Crippen LogP contribution >= 0.6 is 0 Å². The van der Waals surface area contributed by atoms with Crippen LogP contribution in [0, 0.1) is 0 Å². The molecule has 0 saturated carbocycles. The van der Waals surface area contributed by atoms with E-state index in [1.807, 2.05) is 20.8 Å². The van der Waals surface area contributed by atoms with Gasteiger partial charge >= 0.3 is 6.61 Å². The fourth-order valence-corrected chi connectivity index (χ4v) is 1.68. The molecule has 4 nitrogen and oxygen atoms in total. The molecule has 118 valence electrons. The first kappa shape index (κ1) is 17.4. The highest BCUT2D eigenvalue weighted by Crippen LogP contribution is 2.26. The number of para-hydroxylation sites is 1. The zero-order valence-electron chi connectivity index (χ0n) is 12.7. The summed E-state index contributed by atoms with van der Waals surface area (Å²) in [6.45, 7) is 4.23. The summed E-state index contributed by atoms with van der Waals surface area (Å²) < 4.78 is 34.5. The number of carbonyl (C=O) groups excluding carboxylic acids is 1. The molecule has 0 aliphatic carbocycles. The molecule has 0 bridgehead atoms. The number of benzene rings is 1. The van der Waals surface area contributed by atoms with Crippen molar-refractivity contribution in [3.8, 4) is 5.75 Å². The number of alkyl halides is 2. The molecule has 1 unspecified atom stereocenters. The maximum atomic E-state index is 12.3. The van der Waals surface area contributed by atoms with E-state index < -0.39 is 18.3 Å². The largest absolute Gasteiger partial charge is 0.434 e. The lowest BCUT2D eigenvalue weighted by molar-refractivity contribution is -0.131. The van der Waals surface area contributed by atoms with Crippen molar-refractivity contribution in [2.45, 2.75) is 45.9 Å². The van der Waals surface area contributed by atoms with Gasteiger partial charge in [0.25, 0.3) is 0 Å². The fraction of sp³-hybridized carbons (Fsp3) is 0.533. The lowest BCUT2D eigenvalue weighted by atomic mass is 10.1. The number of rotatable bonds is 6. The van der Waals surface area contributed by atoms with Crippen molar-refractivity contribution in [2.75, 3.05) is 6.61 Å². The second kappa shape index (κ2) is 7.36. The van der Waals surface area contributed by atoms with Gasteiger partial charge in [0.15, 0.2) is 0 Å². The summed E-state index contributed by atoms with van der Waals surface area (Å²) in [5, 5.41) is 2.69. The van der Waals surface area contributed by atoms with Crippen LogP contribution in [0.1, 0.15) is 39.3 Å². The molecular formula is C15H21F2NO3. The van der Waals surface area contributed by atoms with Crippen LogP contribution in [-0.2, 0) is 9.53 Å². The number of hydrogen-bond acceptors (Lipinski definition) is 3. The molecule has 0 aliphatic rings. The van der Waals surface area contributed by atoms with E-state index in [9.17, 15) is 13.6 Å². The van der Waals surface area contributed by atoms with E-state index in [0.29, 0.717) is 5.56 Å². The average Bonchev–Trinajstić information content (AvgIpc) is 2.35. The molecule has 1 N–H and O–H groups in total. The minimum atomic E-state index is -2.90. The van der Waals surface area contributed by atoms with Gasteiger partial charge in [0, 0.05) is 5.56 Å². The van der Waals surface area contributed by atoms with Gasteiger partial charge in [0.1, 0.15) is 12.4 Å². The van der Waals surface area contributed by atoms with Crippen LogP contribution in [0.15, 0.2) is 24.3 Å². The van der Waals surface area contributed by atoms with Gasteiger partial charge in [0.2, 0.25) is 5.91 Å². The van der Waals surface area contributed by atoms with Crippen LogP contribution in [0.3, 0.4) is 0 Å². The molecule has 0 aromatic heterocycles. The highest BCUT2D eigenvalue weighted by molar-refractivity contribution is 5.77. The molecule has 1 aromatic carbocycles. The standard InChI is InChI=1S/C15H21F2NO3/c1-10(18-13(19)9-20-15(2,3)4)11-7-5-6-8-12(11)21-14(16)17/h5-8,10,14H,9H2,1-4H3,(H,18,19). The van der Waals surface area contributed by atoms with Gasteiger partial charge in [-0.1, -0.05) is 18.2 Å². The molecular weight excluding hydrogens is 280 g/mol. The molecule has 1 rings (SSSR count). The monoisotopic (exact) mass is 301 g/mol. The lowest BCUT2D eigenvalue weighted by Crippen LogP contribution is -2.33. The quantitative estimate of drug-likeness (QED) is 0.877. The maximum absolute atomic E-state index is 12.3. The molecule has 0 fully saturated rings. The number of nitrogens with one attached hydrogen (secondary N) is 1. The van der Waals surface area contributed by atoms with Crippen LogP contribution in [0.2, 0.25) is 0 Å². The summed E-state index contributed by atoms with van der Waals surface area (Å²) in [5.41, 5.74) is 0.0685. The van der Waals surface area contributed by atoms with Crippen molar-refractivity contribution in [1.82, 2.24) is 5.32 Å². The van der Waals surface area contributed by atoms with E-state index in [1.165, 1.54) is 6.07 Å². The number of halogens is 2. The van der Waals surface area contributed by atoms with Gasteiger partial charge in [-0.3, -0.25) is 4.79 Å². The third-order valence-electron chi connectivity index (χ3n) is 2.62. The predicted molar refractivity (Wildman–Crippen MR) is 75.3 cm³/mol. The van der Waals surface area contributed by atoms with E-state index in [-0.39, 0.29) is 18.3 Å².